The zero-order valence-corrected chi connectivity index (χ0v) is 8.04. The minimum absolute atomic E-state index is 0.218. The third-order valence-electron chi connectivity index (χ3n) is 2.15. The fourth-order valence-electron chi connectivity index (χ4n) is 1.50. The second-order valence-electron chi connectivity index (χ2n) is 3.43. The van der Waals surface area contributed by atoms with Crippen LogP contribution < -0.4 is 0 Å². The number of hydrogen-bond acceptors (Lipinski definition) is 1. The normalized spacial score (nSPS) is 11.1. The highest BCUT2D eigenvalue weighted by atomic mass is 16.3. The molecule has 68 valence electrons. The van der Waals surface area contributed by atoms with E-state index in [0.29, 0.717) is 12.5 Å². The minimum atomic E-state index is 0.218. The Balaban J connectivity index is 2.95. The van der Waals surface area contributed by atoms with Crippen LogP contribution in [0.15, 0.2) is 12.1 Å². The molecule has 2 heteroatoms. The van der Waals surface area contributed by atoms with Gasteiger partial charge in [-0.2, -0.15) is 0 Å². The van der Waals surface area contributed by atoms with Crippen LogP contribution in [0.2, 0.25) is 0 Å². The highest BCUT2D eigenvalue weighted by molar-refractivity contribution is 5.17. The van der Waals surface area contributed by atoms with Crippen molar-refractivity contribution in [3.63, 3.8) is 0 Å². The molecule has 0 spiro atoms. The molecule has 1 aromatic rings. The summed E-state index contributed by atoms with van der Waals surface area (Å²) in [6, 6.07) is 4.24. The smallest absolute Gasteiger partial charge is 0.0610 e. The Morgan fingerprint density at radius 3 is 2.58 bits per heavy atom. The van der Waals surface area contributed by atoms with Gasteiger partial charge < -0.3 is 9.67 Å². The second-order valence-corrected chi connectivity index (χ2v) is 3.43. The fraction of sp³-hybridized carbons (Fsp3) is 0.600. The number of aromatic nitrogens is 1. The predicted octanol–water partition coefficient (Wildman–Crippen LogP) is 1.91. The van der Waals surface area contributed by atoms with Gasteiger partial charge in [-0.15, -0.1) is 0 Å². The third-order valence-corrected chi connectivity index (χ3v) is 2.15. The molecule has 0 bridgehead atoms. The monoisotopic (exact) mass is 167 g/mol. The van der Waals surface area contributed by atoms with E-state index < -0.39 is 0 Å². The van der Waals surface area contributed by atoms with Gasteiger partial charge in [0.2, 0.25) is 0 Å². The molecule has 1 heterocycles. The van der Waals surface area contributed by atoms with Crippen molar-refractivity contribution in [2.24, 2.45) is 0 Å². The Bertz CT molecular complexity index is 250. The molecule has 12 heavy (non-hydrogen) atoms. The van der Waals surface area contributed by atoms with E-state index in [2.05, 4.69) is 37.5 Å². The summed E-state index contributed by atoms with van der Waals surface area (Å²) in [6.07, 6.45) is 0. The molecule has 0 aromatic carbocycles. The summed E-state index contributed by atoms with van der Waals surface area (Å²) in [5.41, 5.74) is 2.54. The zero-order chi connectivity index (χ0) is 9.14. The molecule has 0 amide bonds. The average molecular weight is 167 g/mol. The Morgan fingerprint density at radius 2 is 2.08 bits per heavy atom. The van der Waals surface area contributed by atoms with Crippen molar-refractivity contribution in [2.45, 2.75) is 33.2 Å². The molecule has 1 N–H and O–H groups in total. The summed E-state index contributed by atoms with van der Waals surface area (Å²) in [5.74, 6) is 0.533. The van der Waals surface area contributed by atoms with Crippen LogP contribution in [-0.2, 0) is 6.54 Å². The van der Waals surface area contributed by atoms with Gasteiger partial charge >= 0.3 is 0 Å². The van der Waals surface area contributed by atoms with Crippen molar-refractivity contribution in [1.82, 2.24) is 4.57 Å². The van der Waals surface area contributed by atoms with Crippen LogP contribution in [0, 0.1) is 6.92 Å². The molecule has 0 unspecified atom stereocenters. The maximum Gasteiger partial charge on any atom is 0.0610 e. The first kappa shape index (κ1) is 9.33. The summed E-state index contributed by atoms with van der Waals surface area (Å²) in [4.78, 5) is 0. The first-order chi connectivity index (χ1) is 5.66. The maximum atomic E-state index is 8.85. The van der Waals surface area contributed by atoms with Gasteiger partial charge in [-0.1, -0.05) is 13.8 Å². The van der Waals surface area contributed by atoms with E-state index in [1.54, 1.807) is 0 Å². The van der Waals surface area contributed by atoms with Crippen LogP contribution in [-0.4, -0.2) is 16.3 Å². The van der Waals surface area contributed by atoms with Crippen molar-refractivity contribution in [2.75, 3.05) is 6.61 Å². The molecule has 2 nitrogen and oxygen atoms in total. The molecule has 0 aliphatic carbocycles. The zero-order valence-electron chi connectivity index (χ0n) is 8.04. The van der Waals surface area contributed by atoms with E-state index in [0.717, 1.165) is 0 Å². The summed E-state index contributed by atoms with van der Waals surface area (Å²) in [7, 11) is 0. The minimum Gasteiger partial charge on any atom is -0.395 e. The summed E-state index contributed by atoms with van der Waals surface area (Å²) in [5, 5.41) is 8.85. The first-order valence-electron chi connectivity index (χ1n) is 4.43. The molecule has 0 aliphatic rings. The van der Waals surface area contributed by atoms with Gasteiger partial charge in [0.25, 0.3) is 0 Å². The van der Waals surface area contributed by atoms with E-state index in [1.807, 2.05) is 0 Å². The Labute approximate surface area is 73.8 Å². The van der Waals surface area contributed by atoms with Crippen LogP contribution in [0.25, 0.3) is 0 Å². The highest BCUT2D eigenvalue weighted by Crippen LogP contribution is 2.17. The van der Waals surface area contributed by atoms with E-state index in [1.165, 1.54) is 11.4 Å². The molecular weight excluding hydrogens is 150 g/mol. The van der Waals surface area contributed by atoms with Crippen molar-refractivity contribution >= 4 is 0 Å². The Morgan fingerprint density at radius 1 is 1.42 bits per heavy atom. The van der Waals surface area contributed by atoms with Crippen LogP contribution in [0.4, 0.5) is 0 Å². The van der Waals surface area contributed by atoms with E-state index in [-0.39, 0.29) is 6.61 Å². The summed E-state index contributed by atoms with van der Waals surface area (Å²) in [6.45, 7) is 7.34. The predicted molar refractivity (Wildman–Crippen MR) is 50.3 cm³/mol. The summed E-state index contributed by atoms with van der Waals surface area (Å²) >= 11 is 0. The lowest BCUT2D eigenvalue weighted by Gasteiger charge is -2.12. The standard InChI is InChI=1S/C10H17NO/c1-8(2)10-5-4-9(3)11(10)6-7-12/h4-5,8,12H,6-7H2,1-3H3. The molecule has 1 aromatic heterocycles. The molecule has 0 radical (unpaired) electrons. The quantitative estimate of drug-likeness (QED) is 0.731. The van der Waals surface area contributed by atoms with Gasteiger partial charge in [0.15, 0.2) is 0 Å². The summed E-state index contributed by atoms with van der Waals surface area (Å²) < 4.78 is 2.17. The van der Waals surface area contributed by atoms with Crippen LogP contribution in [0.1, 0.15) is 31.2 Å². The highest BCUT2D eigenvalue weighted by Gasteiger charge is 2.06. The van der Waals surface area contributed by atoms with Gasteiger partial charge in [-0.25, -0.2) is 0 Å². The number of hydrogen-bond donors (Lipinski definition) is 1. The van der Waals surface area contributed by atoms with Crippen LogP contribution >= 0.6 is 0 Å². The SMILES string of the molecule is Cc1ccc(C(C)C)n1CCO. The van der Waals surface area contributed by atoms with Crippen LogP contribution in [0.3, 0.4) is 0 Å². The number of aliphatic hydroxyl groups is 1. The molecule has 0 atom stereocenters. The average Bonchev–Trinajstić information content (AvgIpc) is 2.34. The number of rotatable bonds is 3. The van der Waals surface area contributed by atoms with Crippen LogP contribution in [0.5, 0.6) is 0 Å². The lowest BCUT2D eigenvalue weighted by Crippen LogP contribution is -2.08. The van der Waals surface area contributed by atoms with Gasteiger partial charge in [0, 0.05) is 17.9 Å². The van der Waals surface area contributed by atoms with E-state index in [4.69, 9.17) is 5.11 Å². The van der Waals surface area contributed by atoms with Crippen molar-refractivity contribution in [1.29, 1.82) is 0 Å². The van der Waals surface area contributed by atoms with Gasteiger partial charge in [-0.05, 0) is 25.0 Å². The number of aryl methyl sites for hydroxylation is 1. The third kappa shape index (κ3) is 1.69. The van der Waals surface area contributed by atoms with Crippen molar-refractivity contribution < 1.29 is 5.11 Å². The fourth-order valence-corrected chi connectivity index (χ4v) is 1.50. The molecule has 0 saturated heterocycles. The topological polar surface area (TPSA) is 25.2 Å². The Hall–Kier alpha value is -0.760. The maximum absolute atomic E-state index is 8.85. The molecular formula is C10H17NO. The molecule has 1 rings (SSSR count). The van der Waals surface area contributed by atoms with Crippen molar-refractivity contribution in [3.8, 4) is 0 Å². The largest absolute Gasteiger partial charge is 0.395 e. The lowest BCUT2D eigenvalue weighted by atomic mass is 10.1. The van der Waals surface area contributed by atoms with E-state index in [9.17, 15) is 0 Å². The molecule has 0 aliphatic heterocycles. The molecule has 0 fully saturated rings. The first-order valence-corrected chi connectivity index (χ1v) is 4.43. The van der Waals surface area contributed by atoms with Gasteiger partial charge in [0.05, 0.1) is 6.61 Å². The second kappa shape index (κ2) is 3.76. The van der Waals surface area contributed by atoms with E-state index >= 15 is 0 Å². The van der Waals surface area contributed by atoms with Crippen molar-refractivity contribution in [3.05, 3.63) is 23.5 Å². The number of nitrogens with zero attached hydrogens (tertiary/aromatic N) is 1. The Kier molecular flexibility index (Phi) is 2.93. The van der Waals surface area contributed by atoms with Gasteiger partial charge in [-0.3, -0.25) is 0 Å². The number of aliphatic hydroxyl groups excluding tert-OH is 1. The van der Waals surface area contributed by atoms with Gasteiger partial charge in [0.1, 0.15) is 0 Å². The molecule has 0 saturated carbocycles. The lowest BCUT2D eigenvalue weighted by molar-refractivity contribution is 0.273.